The van der Waals surface area contributed by atoms with E-state index >= 15 is 0 Å². The van der Waals surface area contributed by atoms with Crippen LogP contribution in [0.5, 0.6) is 0 Å². The summed E-state index contributed by atoms with van der Waals surface area (Å²) in [5.41, 5.74) is 2.94. The first kappa shape index (κ1) is 12.6. The zero-order chi connectivity index (χ0) is 13.1. The molecule has 1 aliphatic rings. The van der Waals surface area contributed by atoms with Gasteiger partial charge < -0.3 is 4.74 Å². The minimum atomic E-state index is 0.0737. The van der Waals surface area contributed by atoms with Gasteiger partial charge in [-0.3, -0.25) is 4.98 Å². The van der Waals surface area contributed by atoms with Crippen LogP contribution in [0, 0.1) is 0 Å². The van der Waals surface area contributed by atoms with Gasteiger partial charge >= 0.3 is 0 Å². The maximum Gasteiger partial charge on any atom is 0.150 e. The molecule has 0 aliphatic carbocycles. The Labute approximate surface area is 117 Å². The SMILES string of the molecule is ClCc1ccc(-c2cnn(C3CCCCO3)c2)nc1. The van der Waals surface area contributed by atoms with Gasteiger partial charge in [-0.15, -0.1) is 11.6 Å². The molecular formula is C14H16ClN3O. The Hall–Kier alpha value is -1.39. The number of pyridine rings is 1. The van der Waals surface area contributed by atoms with Crippen molar-refractivity contribution in [2.45, 2.75) is 31.4 Å². The van der Waals surface area contributed by atoms with Crippen LogP contribution in [-0.4, -0.2) is 21.4 Å². The van der Waals surface area contributed by atoms with Crippen molar-refractivity contribution in [1.29, 1.82) is 0 Å². The number of aromatic nitrogens is 3. The molecule has 1 aliphatic heterocycles. The van der Waals surface area contributed by atoms with Crippen LogP contribution in [0.2, 0.25) is 0 Å². The Kier molecular flexibility index (Phi) is 3.80. The molecule has 0 bridgehead atoms. The van der Waals surface area contributed by atoms with Crippen molar-refractivity contribution in [3.05, 3.63) is 36.3 Å². The Morgan fingerprint density at radius 3 is 2.95 bits per heavy atom. The standard InChI is InChI=1S/C14H16ClN3O/c15-7-11-4-5-13(16-8-11)12-9-17-18(10-12)14-3-1-2-6-19-14/h4-5,8-10,14H,1-3,6-7H2. The van der Waals surface area contributed by atoms with Crippen molar-refractivity contribution in [2.75, 3.05) is 6.61 Å². The normalized spacial score (nSPS) is 19.5. The zero-order valence-electron chi connectivity index (χ0n) is 10.6. The average molecular weight is 278 g/mol. The fourth-order valence-electron chi connectivity index (χ4n) is 2.23. The summed E-state index contributed by atoms with van der Waals surface area (Å²) in [6, 6.07) is 3.96. The summed E-state index contributed by atoms with van der Waals surface area (Å²) in [6.07, 6.45) is 9.08. The highest BCUT2D eigenvalue weighted by Gasteiger charge is 2.16. The Balaban J connectivity index is 1.79. The van der Waals surface area contributed by atoms with E-state index < -0.39 is 0 Å². The highest BCUT2D eigenvalue weighted by Crippen LogP contribution is 2.24. The highest BCUT2D eigenvalue weighted by molar-refractivity contribution is 6.17. The monoisotopic (exact) mass is 277 g/mol. The molecule has 0 N–H and O–H groups in total. The van der Waals surface area contributed by atoms with Crippen LogP contribution >= 0.6 is 11.6 Å². The van der Waals surface area contributed by atoms with Gasteiger partial charge in [0.1, 0.15) is 6.23 Å². The third kappa shape index (κ3) is 2.80. The first-order valence-electron chi connectivity index (χ1n) is 6.54. The van der Waals surface area contributed by atoms with Crippen LogP contribution in [0.3, 0.4) is 0 Å². The molecule has 100 valence electrons. The second-order valence-corrected chi connectivity index (χ2v) is 4.98. The predicted molar refractivity (Wildman–Crippen MR) is 73.9 cm³/mol. The molecule has 0 radical (unpaired) electrons. The van der Waals surface area contributed by atoms with Crippen LogP contribution in [0.1, 0.15) is 31.1 Å². The zero-order valence-corrected chi connectivity index (χ0v) is 11.4. The van der Waals surface area contributed by atoms with Gasteiger partial charge in [0.15, 0.2) is 0 Å². The molecule has 1 fully saturated rings. The van der Waals surface area contributed by atoms with E-state index in [1.54, 1.807) is 6.20 Å². The van der Waals surface area contributed by atoms with Crippen LogP contribution < -0.4 is 0 Å². The van der Waals surface area contributed by atoms with Crippen molar-refractivity contribution in [3.63, 3.8) is 0 Å². The van der Waals surface area contributed by atoms with Gasteiger partial charge in [0.05, 0.1) is 11.9 Å². The van der Waals surface area contributed by atoms with Crippen molar-refractivity contribution >= 4 is 11.6 Å². The summed E-state index contributed by atoms with van der Waals surface area (Å²) in [7, 11) is 0. The second kappa shape index (κ2) is 5.72. The van der Waals surface area contributed by atoms with Gasteiger partial charge in [0.2, 0.25) is 0 Å². The van der Waals surface area contributed by atoms with Crippen molar-refractivity contribution in [2.24, 2.45) is 0 Å². The van der Waals surface area contributed by atoms with Crippen LogP contribution in [0.15, 0.2) is 30.7 Å². The van der Waals surface area contributed by atoms with Gasteiger partial charge in [-0.05, 0) is 30.9 Å². The van der Waals surface area contributed by atoms with Crippen LogP contribution in [-0.2, 0) is 10.6 Å². The first-order chi connectivity index (χ1) is 9.36. The quantitative estimate of drug-likeness (QED) is 0.808. The van der Waals surface area contributed by atoms with Crippen molar-refractivity contribution in [3.8, 4) is 11.3 Å². The van der Waals surface area contributed by atoms with Gasteiger partial charge in [0, 0.05) is 30.4 Å². The molecule has 0 amide bonds. The van der Waals surface area contributed by atoms with E-state index in [4.69, 9.17) is 16.3 Å². The van der Waals surface area contributed by atoms with Gasteiger partial charge in [-0.1, -0.05) is 6.07 Å². The summed E-state index contributed by atoms with van der Waals surface area (Å²) in [5.74, 6) is 0.489. The third-order valence-corrected chi connectivity index (χ3v) is 3.64. The first-order valence-corrected chi connectivity index (χ1v) is 7.07. The van der Waals surface area contributed by atoms with Crippen molar-refractivity contribution < 1.29 is 4.74 Å². The lowest BCUT2D eigenvalue weighted by molar-refractivity contribution is -0.0394. The van der Waals surface area contributed by atoms with E-state index in [1.807, 2.05) is 29.2 Å². The molecule has 3 rings (SSSR count). The molecule has 1 unspecified atom stereocenters. The largest absolute Gasteiger partial charge is 0.357 e. The number of nitrogens with zero attached hydrogens (tertiary/aromatic N) is 3. The molecule has 1 saturated heterocycles. The van der Waals surface area contributed by atoms with Crippen LogP contribution in [0.25, 0.3) is 11.3 Å². The molecule has 19 heavy (non-hydrogen) atoms. The fraction of sp³-hybridized carbons (Fsp3) is 0.429. The molecule has 0 saturated carbocycles. The van der Waals surface area contributed by atoms with Gasteiger partial charge in [-0.25, -0.2) is 4.68 Å². The molecule has 5 heteroatoms. The number of hydrogen-bond acceptors (Lipinski definition) is 3. The average Bonchev–Trinajstić information content (AvgIpc) is 2.98. The van der Waals surface area contributed by atoms with E-state index in [0.717, 1.165) is 36.3 Å². The van der Waals surface area contributed by atoms with E-state index in [9.17, 15) is 0 Å². The van der Waals surface area contributed by atoms with Gasteiger partial charge in [-0.2, -0.15) is 5.10 Å². The van der Waals surface area contributed by atoms with Gasteiger partial charge in [0.25, 0.3) is 0 Å². The summed E-state index contributed by atoms with van der Waals surface area (Å²) >= 11 is 5.76. The Morgan fingerprint density at radius 1 is 1.32 bits per heavy atom. The molecule has 1 atom stereocenters. The molecule has 2 aromatic rings. The van der Waals surface area contributed by atoms with E-state index in [0.29, 0.717) is 5.88 Å². The van der Waals surface area contributed by atoms with E-state index in [2.05, 4.69) is 10.1 Å². The minimum absolute atomic E-state index is 0.0737. The topological polar surface area (TPSA) is 39.9 Å². The number of alkyl halides is 1. The number of ether oxygens (including phenoxy) is 1. The lowest BCUT2D eigenvalue weighted by Crippen LogP contribution is -2.18. The summed E-state index contributed by atoms with van der Waals surface area (Å²) in [6.45, 7) is 0.822. The molecule has 3 heterocycles. The second-order valence-electron chi connectivity index (χ2n) is 4.72. The van der Waals surface area contributed by atoms with Crippen LogP contribution in [0.4, 0.5) is 0 Å². The smallest absolute Gasteiger partial charge is 0.150 e. The Bertz CT molecular complexity index is 532. The lowest BCUT2D eigenvalue weighted by atomic mass is 10.2. The predicted octanol–water partition coefficient (Wildman–Crippen LogP) is 3.38. The Morgan fingerprint density at radius 2 is 2.26 bits per heavy atom. The minimum Gasteiger partial charge on any atom is -0.357 e. The summed E-state index contributed by atoms with van der Waals surface area (Å²) in [5, 5.41) is 4.38. The number of hydrogen-bond donors (Lipinski definition) is 0. The highest BCUT2D eigenvalue weighted by atomic mass is 35.5. The lowest BCUT2D eigenvalue weighted by Gasteiger charge is -2.22. The molecule has 0 aromatic carbocycles. The summed E-state index contributed by atoms with van der Waals surface area (Å²) < 4.78 is 7.61. The molecule has 0 spiro atoms. The molecule has 2 aromatic heterocycles. The molecular weight excluding hydrogens is 262 g/mol. The summed E-state index contributed by atoms with van der Waals surface area (Å²) in [4.78, 5) is 4.40. The van der Waals surface area contributed by atoms with E-state index in [-0.39, 0.29) is 6.23 Å². The maximum absolute atomic E-state index is 5.76. The fourth-order valence-corrected chi connectivity index (χ4v) is 2.39. The van der Waals surface area contributed by atoms with Crippen molar-refractivity contribution in [1.82, 2.24) is 14.8 Å². The third-order valence-electron chi connectivity index (χ3n) is 3.33. The van der Waals surface area contributed by atoms with E-state index in [1.165, 1.54) is 6.42 Å². The maximum atomic E-state index is 5.76. The number of halogens is 1. The number of rotatable bonds is 3. The molecule has 4 nitrogen and oxygen atoms in total.